The molecule has 0 amide bonds. The average Bonchev–Trinajstić information content (AvgIpc) is 1.68. The fourth-order valence-electron chi connectivity index (χ4n) is 0.199. The highest BCUT2D eigenvalue weighted by molar-refractivity contribution is 5.09. The first-order valence-corrected chi connectivity index (χ1v) is 2.06. The Morgan fingerprint density at radius 2 is 2.43 bits per heavy atom. The van der Waals surface area contributed by atoms with Crippen LogP contribution in [0, 0.1) is 0 Å². The molecule has 0 aromatic heterocycles. The molecule has 0 fully saturated rings. The van der Waals surface area contributed by atoms with Crippen molar-refractivity contribution >= 4 is 0 Å². The van der Waals surface area contributed by atoms with Crippen molar-refractivity contribution in [1.82, 2.24) is 5.32 Å². The fraction of sp³-hybridized carbons (Fsp3) is 0.200. The lowest BCUT2D eigenvalue weighted by Crippen LogP contribution is -2.00. The molecule has 0 aromatic carbocycles. The van der Waals surface area contributed by atoms with E-state index < -0.39 is 0 Å². The Labute approximate surface area is 43.7 Å². The van der Waals surface area contributed by atoms with Crippen LogP contribution in [-0.4, -0.2) is 7.05 Å². The Kier molecular flexibility index (Phi) is 2.85. The van der Waals surface area contributed by atoms with Crippen LogP contribution in [0.2, 0.25) is 0 Å². The summed E-state index contributed by atoms with van der Waals surface area (Å²) in [6.07, 6.45) is 3.14. The Bertz CT molecular complexity index is 84.1. The molecule has 0 aliphatic carbocycles. The average molecular weight is 98.1 g/mol. The van der Waals surface area contributed by atoms with Crippen molar-refractivity contribution in [2.24, 2.45) is 5.73 Å². The highest BCUT2D eigenvalue weighted by atomic mass is 14.8. The molecular formula is C5H10N2. The van der Waals surface area contributed by atoms with E-state index >= 15 is 0 Å². The largest absolute Gasteiger partial charge is 0.405 e. The first-order chi connectivity index (χ1) is 3.31. The molecule has 0 aliphatic heterocycles. The van der Waals surface area contributed by atoms with Gasteiger partial charge >= 0.3 is 0 Å². The zero-order valence-electron chi connectivity index (χ0n) is 4.44. The third-order valence-corrected chi connectivity index (χ3v) is 0.619. The van der Waals surface area contributed by atoms with Crippen molar-refractivity contribution < 1.29 is 0 Å². The quantitative estimate of drug-likeness (QED) is 0.484. The Balaban J connectivity index is 3.37. The van der Waals surface area contributed by atoms with Gasteiger partial charge in [0, 0.05) is 12.7 Å². The number of nitrogens with one attached hydrogen (secondary N) is 1. The molecule has 0 rings (SSSR count). The molecule has 2 heteroatoms. The van der Waals surface area contributed by atoms with Crippen molar-refractivity contribution in [3.05, 3.63) is 24.6 Å². The molecule has 0 spiro atoms. The maximum absolute atomic E-state index is 5.02. The SMILES string of the molecule is C=C(/C=C\N)NC. The predicted octanol–water partition coefficient (Wildman–Crippen LogP) is 0.192. The van der Waals surface area contributed by atoms with Crippen LogP contribution >= 0.6 is 0 Å². The summed E-state index contributed by atoms with van der Waals surface area (Å²) in [7, 11) is 1.79. The minimum Gasteiger partial charge on any atom is -0.405 e. The van der Waals surface area contributed by atoms with E-state index in [9.17, 15) is 0 Å². The zero-order valence-corrected chi connectivity index (χ0v) is 4.44. The van der Waals surface area contributed by atoms with Crippen molar-refractivity contribution in [3.63, 3.8) is 0 Å². The number of likely N-dealkylation sites (N-methyl/N-ethyl adjacent to an activating group) is 1. The molecule has 0 aliphatic rings. The van der Waals surface area contributed by atoms with E-state index in [1.165, 1.54) is 6.20 Å². The van der Waals surface area contributed by atoms with E-state index in [0.29, 0.717) is 0 Å². The van der Waals surface area contributed by atoms with Crippen LogP contribution in [0.15, 0.2) is 24.6 Å². The van der Waals surface area contributed by atoms with Gasteiger partial charge < -0.3 is 11.1 Å². The van der Waals surface area contributed by atoms with E-state index in [4.69, 9.17) is 5.73 Å². The lowest BCUT2D eigenvalue weighted by molar-refractivity contribution is 1.04. The van der Waals surface area contributed by atoms with Gasteiger partial charge in [-0.05, 0) is 12.3 Å². The van der Waals surface area contributed by atoms with Crippen LogP contribution in [0.3, 0.4) is 0 Å². The van der Waals surface area contributed by atoms with Gasteiger partial charge in [-0.15, -0.1) is 0 Å². The number of rotatable bonds is 2. The van der Waals surface area contributed by atoms with Gasteiger partial charge in [-0.1, -0.05) is 6.58 Å². The van der Waals surface area contributed by atoms with Crippen molar-refractivity contribution in [1.29, 1.82) is 0 Å². The second-order valence-corrected chi connectivity index (χ2v) is 1.13. The summed E-state index contributed by atoms with van der Waals surface area (Å²) in [6.45, 7) is 3.58. The van der Waals surface area contributed by atoms with Crippen LogP contribution in [0.25, 0.3) is 0 Å². The van der Waals surface area contributed by atoms with E-state index in [0.717, 1.165) is 5.70 Å². The maximum Gasteiger partial charge on any atom is 0.0278 e. The van der Waals surface area contributed by atoms with Crippen molar-refractivity contribution in [3.8, 4) is 0 Å². The summed E-state index contributed by atoms with van der Waals surface area (Å²) in [4.78, 5) is 0. The summed E-state index contributed by atoms with van der Waals surface area (Å²) < 4.78 is 0. The summed E-state index contributed by atoms with van der Waals surface area (Å²) in [5.74, 6) is 0. The highest BCUT2D eigenvalue weighted by Gasteiger charge is 1.72. The van der Waals surface area contributed by atoms with Gasteiger partial charge in [-0.25, -0.2) is 0 Å². The molecule has 7 heavy (non-hydrogen) atoms. The number of hydrogen-bond acceptors (Lipinski definition) is 2. The monoisotopic (exact) mass is 98.1 g/mol. The molecule has 0 bridgehead atoms. The predicted molar refractivity (Wildman–Crippen MR) is 31.5 cm³/mol. The van der Waals surface area contributed by atoms with Crippen LogP contribution in [0.5, 0.6) is 0 Å². The van der Waals surface area contributed by atoms with E-state index in [1.54, 1.807) is 13.1 Å². The standard InChI is InChI=1S/C5H10N2/c1-5(7-2)3-4-6/h3-4,7H,1,6H2,2H3/b4-3-. The first-order valence-electron chi connectivity index (χ1n) is 2.06. The van der Waals surface area contributed by atoms with Crippen LogP contribution in [0.1, 0.15) is 0 Å². The Morgan fingerprint density at radius 1 is 1.86 bits per heavy atom. The van der Waals surface area contributed by atoms with Gasteiger partial charge in [0.15, 0.2) is 0 Å². The third-order valence-electron chi connectivity index (χ3n) is 0.619. The molecule has 2 nitrogen and oxygen atoms in total. The third kappa shape index (κ3) is 2.89. The summed E-state index contributed by atoms with van der Waals surface area (Å²) in [5, 5.41) is 2.80. The zero-order chi connectivity index (χ0) is 5.70. The molecule has 0 saturated heterocycles. The number of nitrogens with two attached hydrogens (primary N) is 1. The number of allylic oxidation sites excluding steroid dienone is 1. The summed E-state index contributed by atoms with van der Waals surface area (Å²) >= 11 is 0. The molecule has 0 aromatic rings. The van der Waals surface area contributed by atoms with Gasteiger partial charge in [0.1, 0.15) is 0 Å². The first kappa shape index (κ1) is 6.08. The fourth-order valence-corrected chi connectivity index (χ4v) is 0.199. The Hall–Kier alpha value is -0.920. The lowest BCUT2D eigenvalue weighted by Gasteiger charge is -1.91. The molecule has 40 valence electrons. The van der Waals surface area contributed by atoms with E-state index in [1.807, 2.05) is 0 Å². The Morgan fingerprint density at radius 3 is 2.57 bits per heavy atom. The highest BCUT2D eigenvalue weighted by Crippen LogP contribution is 1.78. The molecular weight excluding hydrogens is 88.1 g/mol. The van der Waals surface area contributed by atoms with E-state index in [2.05, 4.69) is 11.9 Å². The van der Waals surface area contributed by atoms with Crippen LogP contribution < -0.4 is 11.1 Å². The van der Waals surface area contributed by atoms with Gasteiger partial charge in [0.05, 0.1) is 0 Å². The minimum absolute atomic E-state index is 0.822. The van der Waals surface area contributed by atoms with Crippen molar-refractivity contribution in [2.45, 2.75) is 0 Å². The topological polar surface area (TPSA) is 38.0 Å². The lowest BCUT2D eigenvalue weighted by atomic mass is 10.5. The number of hydrogen-bond donors (Lipinski definition) is 2. The normalized spacial score (nSPS) is 9.29. The van der Waals surface area contributed by atoms with Crippen LogP contribution in [0.4, 0.5) is 0 Å². The smallest absolute Gasteiger partial charge is 0.0278 e. The van der Waals surface area contributed by atoms with E-state index in [-0.39, 0.29) is 0 Å². The molecule has 0 unspecified atom stereocenters. The minimum atomic E-state index is 0.822. The van der Waals surface area contributed by atoms with Crippen LogP contribution in [-0.2, 0) is 0 Å². The molecule has 3 N–H and O–H groups in total. The second-order valence-electron chi connectivity index (χ2n) is 1.13. The molecule has 0 heterocycles. The van der Waals surface area contributed by atoms with Gasteiger partial charge in [-0.3, -0.25) is 0 Å². The summed E-state index contributed by atoms with van der Waals surface area (Å²) in [6, 6.07) is 0. The molecule has 0 radical (unpaired) electrons. The van der Waals surface area contributed by atoms with Gasteiger partial charge in [-0.2, -0.15) is 0 Å². The van der Waals surface area contributed by atoms with Gasteiger partial charge in [0.25, 0.3) is 0 Å². The molecule has 0 saturated carbocycles. The van der Waals surface area contributed by atoms with Crippen molar-refractivity contribution in [2.75, 3.05) is 7.05 Å². The summed E-state index contributed by atoms with van der Waals surface area (Å²) in [5.41, 5.74) is 5.85. The molecule has 0 atom stereocenters. The second kappa shape index (κ2) is 3.28. The van der Waals surface area contributed by atoms with Gasteiger partial charge in [0.2, 0.25) is 0 Å². The maximum atomic E-state index is 5.02.